The van der Waals surface area contributed by atoms with Crippen LogP contribution < -0.4 is 0 Å². The number of hydrogen-bond acceptors (Lipinski definition) is 4. The minimum Gasteiger partial charge on any atom is -0.477 e. The molecule has 0 amide bonds. The Bertz CT molecular complexity index is 739. The molecule has 3 heterocycles. The molecule has 0 atom stereocenters. The fraction of sp³-hybridized carbons (Fsp3) is 0. The van der Waals surface area contributed by atoms with Crippen LogP contribution in [0.5, 0.6) is 0 Å². The maximum atomic E-state index is 10.9. The van der Waals surface area contributed by atoms with Crippen LogP contribution in [-0.2, 0) is 0 Å². The predicted molar refractivity (Wildman–Crippen MR) is 85.6 cm³/mol. The molecule has 96 valence electrons. The summed E-state index contributed by atoms with van der Waals surface area (Å²) in [6.45, 7) is 0. The van der Waals surface area contributed by atoms with Gasteiger partial charge >= 0.3 is 5.97 Å². The Morgan fingerprint density at radius 1 is 0.842 bits per heavy atom. The molecule has 0 bridgehead atoms. The van der Waals surface area contributed by atoms with Crippen molar-refractivity contribution in [3.05, 3.63) is 45.1 Å². The van der Waals surface area contributed by atoms with E-state index in [-0.39, 0.29) is 0 Å². The second-order valence-electron chi connectivity index (χ2n) is 3.74. The number of hydrogen-bond donors (Lipinski definition) is 1. The van der Waals surface area contributed by atoms with Crippen LogP contribution in [0.1, 0.15) is 9.67 Å². The number of aromatic carboxylic acids is 1. The summed E-state index contributed by atoms with van der Waals surface area (Å²) in [5, 5.41) is 8.94. The minimum absolute atomic E-state index is 0.379. The molecule has 0 saturated heterocycles. The monoisotopic (exact) mass is 370 g/mol. The zero-order valence-corrected chi connectivity index (χ0v) is 13.5. The van der Waals surface area contributed by atoms with Crippen LogP contribution in [0.2, 0.25) is 0 Å². The molecule has 2 nitrogen and oxygen atoms in total. The van der Waals surface area contributed by atoms with E-state index in [0.717, 1.165) is 13.5 Å². The molecule has 1 N–H and O–H groups in total. The van der Waals surface area contributed by atoms with Crippen LogP contribution in [0, 0.1) is 0 Å². The van der Waals surface area contributed by atoms with Gasteiger partial charge < -0.3 is 5.11 Å². The smallest absolute Gasteiger partial charge is 0.345 e. The molecule has 0 aliphatic heterocycles. The second-order valence-corrected chi connectivity index (χ2v) is 8.37. The van der Waals surface area contributed by atoms with Crippen LogP contribution in [0.4, 0.5) is 0 Å². The largest absolute Gasteiger partial charge is 0.477 e. The maximum absolute atomic E-state index is 10.9. The molecule has 0 radical (unpaired) electrons. The summed E-state index contributed by atoms with van der Waals surface area (Å²) in [6, 6.07) is 11.8. The molecule has 0 saturated carbocycles. The highest BCUT2D eigenvalue weighted by molar-refractivity contribution is 9.11. The van der Waals surface area contributed by atoms with Crippen molar-refractivity contribution in [2.75, 3.05) is 0 Å². The van der Waals surface area contributed by atoms with E-state index >= 15 is 0 Å². The van der Waals surface area contributed by atoms with Gasteiger partial charge in [0.05, 0.1) is 3.79 Å². The zero-order valence-electron chi connectivity index (χ0n) is 9.42. The Morgan fingerprint density at radius 3 is 1.89 bits per heavy atom. The standard InChI is InChI=1S/C13H7BrO2S3/c14-12-6-5-10(19-12)9-2-1-7(17-9)8-3-4-11(18-8)13(15)16/h1-6H,(H,15,16). The molecule has 0 fully saturated rings. The third-order valence-electron chi connectivity index (χ3n) is 2.48. The molecule has 3 aromatic rings. The fourth-order valence-corrected chi connectivity index (χ4v) is 5.05. The minimum atomic E-state index is -0.866. The van der Waals surface area contributed by atoms with Gasteiger partial charge in [-0.15, -0.1) is 34.0 Å². The number of carbonyl (C=O) groups is 1. The van der Waals surface area contributed by atoms with E-state index in [0.29, 0.717) is 4.88 Å². The summed E-state index contributed by atoms with van der Waals surface area (Å²) in [5.74, 6) is -0.866. The fourth-order valence-electron chi connectivity index (χ4n) is 1.63. The molecule has 0 aliphatic rings. The summed E-state index contributed by atoms with van der Waals surface area (Å²) in [7, 11) is 0. The number of rotatable bonds is 3. The van der Waals surface area contributed by atoms with Crippen molar-refractivity contribution in [3.8, 4) is 19.5 Å². The van der Waals surface area contributed by atoms with Crippen molar-refractivity contribution >= 4 is 55.9 Å². The maximum Gasteiger partial charge on any atom is 0.345 e. The van der Waals surface area contributed by atoms with Crippen LogP contribution in [-0.4, -0.2) is 11.1 Å². The molecular weight excluding hydrogens is 364 g/mol. The van der Waals surface area contributed by atoms with Gasteiger partial charge in [-0.3, -0.25) is 0 Å². The summed E-state index contributed by atoms with van der Waals surface area (Å²) in [4.78, 5) is 15.8. The van der Waals surface area contributed by atoms with E-state index in [1.54, 1.807) is 28.7 Å². The summed E-state index contributed by atoms with van der Waals surface area (Å²) in [5.41, 5.74) is 0. The molecule has 3 rings (SSSR count). The van der Waals surface area contributed by atoms with Crippen molar-refractivity contribution in [1.82, 2.24) is 0 Å². The Balaban J connectivity index is 1.94. The Kier molecular flexibility index (Phi) is 3.58. The Morgan fingerprint density at radius 2 is 1.37 bits per heavy atom. The van der Waals surface area contributed by atoms with E-state index in [9.17, 15) is 4.79 Å². The molecular formula is C13H7BrO2S3. The lowest BCUT2D eigenvalue weighted by Gasteiger charge is -1.90. The van der Waals surface area contributed by atoms with Gasteiger partial charge in [0.2, 0.25) is 0 Å². The first-order chi connectivity index (χ1) is 9.13. The first-order valence-corrected chi connectivity index (χ1v) is 8.57. The van der Waals surface area contributed by atoms with Crippen molar-refractivity contribution in [1.29, 1.82) is 0 Å². The molecule has 19 heavy (non-hydrogen) atoms. The number of thiophene rings is 3. The first-order valence-electron chi connectivity index (χ1n) is 5.32. The van der Waals surface area contributed by atoms with Crippen molar-refractivity contribution in [3.63, 3.8) is 0 Å². The molecule has 0 spiro atoms. The van der Waals surface area contributed by atoms with E-state index in [2.05, 4.69) is 28.1 Å². The summed E-state index contributed by atoms with van der Waals surface area (Å²) in [6.07, 6.45) is 0. The average Bonchev–Trinajstić information content (AvgIpc) is 3.07. The molecule has 0 unspecified atom stereocenters. The SMILES string of the molecule is O=C(O)c1ccc(-c2ccc(-c3ccc(Br)s3)s2)s1. The van der Waals surface area contributed by atoms with Gasteiger partial charge in [0, 0.05) is 19.5 Å². The van der Waals surface area contributed by atoms with Crippen molar-refractivity contribution < 1.29 is 9.90 Å². The molecule has 0 aliphatic carbocycles. The third kappa shape index (κ3) is 2.67. The zero-order chi connectivity index (χ0) is 13.4. The van der Waals surface area contributed by atoms with Gasteiger partial charge in [-0.1, -0.05) is 0 Å². The van der Waals surface area contributed by atoms with Gasteiger partial charge in [0.25, 0.3) is 0 Å². The van der Waals surface area contributed by atoms with E-state index in [4.69, 9.17) is 5.11 Å². The van der Waals surface area contributed by atoms with E-state index in [1.165, 1.54) is 21.1 Å². The number of carboxylic acids is 1. The Hall–Kier alpha value is -0.950. The molecule has 0 aromatic carbocycles. The molecule has 3 aromatic heterocycles. The Labute approximate surface area is 130 Å². The highest BCUT2D eigenvalue weighted by Gasteiger charge is 2.11. The first kappa shape index (κ1) is 13.1. The van der Waals surface area contributed by atoms with Gasteiger partial charge in [-0.2, -0.15) is 0 Å². The topological polar surface area (TPSA) is 37.3 Å². The van der Waals surface area contributed by atoms with Crippen LogP contribution >= 0.6 is 49.9 Å². The van der Waals surface area contributed by atoms with E-state index in [1.807, 2.05) is 18.2 Å². The van der Waals surface area contributed by atoms with Gasteiger partial charge in [-0.05, 0) is 52.3 Å². The molecule has 6 heteroatoms. The number of halogens is 1. The highest BCUT2D eigenvalue weighted by atomic mass is 79.9. The third-order valence-corrected chi connectivity index (χ3v) is 6.66. The second kappa shape index (κ2) is 5.20. The predicted octanol–water partition coefficient (Wildman–Crippen LogP) is 5.67. The lowest BCUT2D eigenvalue weighted by molar-refractivity contribution is 0.0702. The average molecular weight is 371 g/mol. The number of carboxylic acid groups (broad SMARTS) is 1. The van der Waals surface area contributed by atoms with Crippen molar-refractivity contribution in [2.45, 2.75) is 0 Å². The van der Waals surface area contributed by atoms with Gasteiger partial charge in [0.15, 0.2) is 0 Å². The normalized spacial score (nSPS) is 10.8. The van der Waals surface area contributed by atoms with Crippen LogP contribution in [0.15, 0.2) is 40.2 Å². The van der Waals surface area contributed by atoms with Crippen molar-refractivity contribution in [2.24, 2.45) is 0 Å². The van der Waals surface area contributed by atoms with E-state index < -0.39 is 5.97 Å². The summed E-state index contributed by atoms with van der Waals surface area (Å²) < 4.78 is 1.11. The van der Waals surface area contributed by atoms with Crippen LogP contribution in [0.3, 0.4) is 0 Å². The van der Waals surface area contributed by atoms with Crippen LogP contribution in [0.25, 0.3) is 19.5 Å². The highest BCUT2D eigenvalue weighted by Crippen LogP contribution is 2.40. The lowest BCUT2D eigenvalue weighted by atomic mass is 10.3. The van der Waals surface area contributed by atoms with Gasteiger partial charge in [0.1, 0.15) is 4.88 Å². The quantitative estimate of drug-likeness (QED) is 0.645. The van der Waals surface area contributed by atoms with Gasteiger partial charge in [-0.25, -0.2) is 4.79 Å². The lowest BCUT2D eigenvalue weighted by Crippen LogP contribution is -1.89. The summed E-state index contributed by atoms with van der Waals surface area (Å²) >= 11 is 8.15.